The highest BCUT2D eigenvalue weighted by Gasteiger charge is 2.23. The van der Waals surface area contributed by atoms with Crippen LogP contribution in [0.3, 0.4) is 0 Å². The molecule has 0 aliphatic heterocycles. The van der Waals surface area contributed by atoms with Crippen molar-refractivity contribution in [2.24, 2.45) is 0 Å². The van der Waals surface area contributed by atoms with E-state index in [0.29, 0.717) is 29.1 Å². The van der Waals surface area contributed by atoms with Crippen LogP contribution in [0.5, 0.6) is 11.5 Å². The van der Waals surface area contributed by atoms with Crippen LogP contribution in [-0.2, 0) is 6.54 Å². The van der Waals surface area contributed by atoms with Crippen molar-refractivity contribution >= 4 is 17.0 Å². The van der Waals surface area contributed by atoms with Gasteiger partial charge in [0.1, 0.15) is 11.5 Å². The van der Waals surface area contributed by atoms with Gasteiger partial charge in [-0.3, -0.25) is 9.36 Å². The number of pyridine rings is 1. The van der Waals surface area contributed by atoms with Crippen LogP contribution in [0.15, 0.2) is 35.3 Å². The Balaban J connectivity index is 1.80. The van der Waals surface area contributed by atoms with Crippen molar-refractivity contribution in [3.8, 4) is 11.5 Å². The number of aliphatic hydroxyl groups is 1. The molecule has 0 unspecified atom stereocenters. The normalized spacial score (nSPS) is 14.9. The first kappa shape index (κ1) is 18.3. The molecule has 1 aliphatic rings. The number of nitrogens with one attached hydrogen (secondary N) is 1. The van der Waals surface area contributed by atoms with Crippen LogP contribution in [0.25, 0.3) is 11.0 Å². The van der Waals surface area contributed by atoms with Crippen LogP contribution in [-0.4, -0.2) is 31.8 Å². The molecule has 4 rings (SSSR count). The number of hydrogen-bond donors (Lipinski definition) is 2. The lowest BCUT2D eigenvalue weighted by Gasteiger charge is -2.15. The second-order valence-corrected chi connectivity index (χ2v) is 6.84. The van der Waals surface area contributed by atoms with Crippen LogP contribution in [0, 0.1) is 11.6 Å². The number of benzene rings is 1. The van der Waals surface area contributed by atoms with E-state index in [4.69, 9.17) is 4.74 Å². The molecule has 28 heavy (non-hydrogen) atoms. The van der Waals surface area contributed by atoms with Crippen molar-refractivity contribution in [3.05, 3.63) is 52.5 Å². The predicted octanol–water partition coefficient (Wildman–Crippen LogP) is 2.82. The van der Waals surface area contributed by atoms with Gasteiger partial charge in [-0.25, -0.2) is 13.8 Å². The summed E-state index contributed by atoms with van der Waals surface area (Å²) in [6.07, 6.45) is 2.78. The second kappa shape index (κ2) is 7.16. The molecule has 0 saturated heterocycles. The van der Waals surface area contributed by atoms with Crippen molar-refractivity contribution in [1.82, 2.24) is 14.5 Å². The Morgan fingerprint density at radius 3 is 2.79 bits per heavy atom. The van der Waals surface area contributed by atoms with E-state index in [-0.39, 0.29) is 18.0 Å². The average molecular weight is 388 g/mol. The summed E-state index contributed by atoms with van der Waals surface area (Å²) < 4.78 is 33.7. The Morgan fingerprint density at radius 2 is 2.11 bits per heavy atom. The summed E-state index contributed by atoms with van der Waals surface area (Å²) in [6.45, 7) is 1.51. The predicted molar refractivity (Wildman–Crippen MR) is 98.6 cm³/mol. The summed E-state index contributed by atoms with van der Waals surface area (Å²) in [5.41, 5.74) is -0.260. The van der Waals surface area contributed by atoms with E-state index in [9.17, 15) is 18.7 Å². The lowest BCUT2D eigenvalue weighted by Crippen LogP contribution is -2.27. The van der Waals surface area contributed by atoms with Gasteiger partial charge >= 0.3 is 0 Å². The van der Waals surface area contributed by atoms with Crippen LogP contribution in [0.4, 0.5) is 14.7 Å². The third kappa shape index (κ3) is 3.79. The molecule has 3 aromatic rings. The lowest BCUT2D eigenvalue weighted by molar-refractivity contribution is 0.173. The van der Waals surface area contributed by atoms with Gasteiger partial charge in [-0.1, -0.05) is 0 Å². The fraction of sp³-hybridized carbons (Fsp3) is 0.316. The highest BCUT2D eigenvalue weighted by atomic mass is 19.1. The fourth-order valence-corrected chi connectivity index (χ4v) is 2.80. The first-order chi connectivity index (χ1) is 13.4. The number of ether oxygens (including phenoxy) is 1. The standard InChI is InChI=1S/C19H18F2N4O3/c1-10(26)9-25-17-11(8-22-19(24-17)23-13-3-4-13)6-16(18(25)27)28-15-5-2-12(20)7-14(15)21/h2,5-8,10,13,26H,3-4,9H2,1H3,(H,22,23,24)/t10-/m1/s1. The van der Waals surface area contributed by atoms with Gasteiger partial charge < -0.3 is 15.2 Å². The molecule has 0 spiro atoms. The van der Waals surface area contributed by atoms with Crippen LogP contribution >= 0.6 is 0 Å². The second-order valence-electron chi connectivity index (χ2n) is 6.84. The van der Waals surface area contributed by atoms with E-state index in [0.717, 1.165) is 25.0 Å². The van der Waals surface area contributed by atoms with Crippen LogP contribution in [0.2, 0.25) is 0 Å². The van der Waals surface area contributed by atoms with Crippen molar-refractivity contribution in [2.75, 3.05) is 5.32 Å². The number of fused-ring (bicyclic) bond motifs is 1. The lowest BCUT2D eigenvalue weighted by atomic mass is 10.3. The number of anilines is 1. The summed E-state index contributed by atoms with van der Waals surface area (Å²) in [5.74, 6) is -1.74. The summed E-state index contributed by atoms with van der Waals surface area (Å²) >= 11 is 0. The third-order valence-corrected chi connectivity index (χ3v) is 4.27. The van der Waals surface area contributed by atoms with Crippen LogP contribution < -0.4 is 15.6 Å². The van der Waals surface area contributed by atoms with Gasteiger partial charge in [-0.15, -0.1) is 0 Å². The Hall–Kier alpha value is -3.07. The van der Waals surface area contributed by atoms with Gasteiger partial charge in [0.05, 0.1) is 12.6 Å². The first-order valence-electron chi connectivity index (χ1n) is 8.89. The molecule has 9 heteroatoms. The molecule has 0 radical (unpaired) electrons. The van der Waals surface area contributed by atoms with Gasteiger partial charge in [0.2, 0.25) is 5.95 Å². The SMILES string of the molecule is C[C@@H](O)Cn1c(=O)c(Oc2ccc(F)cc2F)cc2cnc(NC3CC3)nc21. The van der Waals surface area contributed by atoms with Crippen molar-refractivity contribution in [3.63, 3.8) is 0 Å². The molecule has 0 bridgehead atoms. The van der Waals surface area contributed by atoms with E-state index in [1.807, 2.05) is 0 Å². The number of aromatic nitrogens is 3. The van der Waals surface area contributed by atoms with Gasteiger partial charge in [0, 0.05) is 23.7 Å². The molecule has 1 aliphatic carbocycles. The number of halogens is 2. The molecule has 1 saturated carbocycles. The molecular formula is C19H18F2N4O3. The molecule has 1 atom stereocenters. The van der Waals surface area contributed by atoms with E-state index >= 15 is 0 Å². The molecular weight excluding hydrogens is 370 g/mol. The minimum atomic E-state index is -0.929. The van der Waals surface area contributed by atoms with Crippen LogP contribution in [0.1, 0.15) is 19.8 Å². The Morgan fingerprint density at radius 1 is 1.32 bits per heavy atom. The molecule has 2 N–H and O–H groups in total. The van der Waals surface area contributed by atoms with Gasteiger partial charge in [0.25, 0.3) is 5.56 Å². The van der Waals surface area contributed by atoms with E-state index < -0.39 is 23.3 Å². The monoisotopic (exact) mass is 388 g/mol. The summed E-state index contributed by atoms with van der Waals surface area (Å²) in [5, 5.41) is 13.5. The zero-order chi connectivity index (χ0) is 19.8. The zero-order valence-corrected chi connectivity index (χ0v) is 15.0. The minimum absolute atomic E-state index is 0.0294. The molecule has 146 valence electrons. The highest BCUT2D eigenvalue weighted by molar-refractivity contribution is 5.77. The molecule has 1 aromatic carbocycles. The summed E-state index contributed by atoms with van der Waals surface area (Å²) in [4.78, 5) is 21.5. The van der Waals surface area contributed by atoms with E-state index in [1.54, 1.807) is 0 Å². The average Bonchev–Trinajstić information content (AvgIpc) is 3.45. The van der Waals surface area contributed by atoms with E-state index in [1.165, 1.54) is 23.8 Å². The highest BCUT2D eigenvalue weighted by Crippen LogP contribution is 2.26. The fourth-order valence-electron chi connectivity index (χ4n) is 2.80. The zero-order valence-electron chi connectivity index (χ0n) is 15.0. The number of nitrogens with zero attached hydrogens (tertiary/aromatic N) is 3. The minimum Gasteiger partial charge on any atom is -0.448 e. The Bertz CT molecular complexity index is 1100. The molecule has 2 aromatic heterocycles. The van der Waals surface area contributed by atoms with Crippen molar-refractivity contribution < 1.29 is 18.6 Å². The maximum atomic E-state index is 13.9. The molecule has 0 amide bonds. The first-order valence-corrected chi connectivity index (χ1v) is 8.89. The van der Waals surface area contributed by atoms with Crippen molar-refractivity contribution in [2.45, 2.75) is 38.5 Å². The largest absolute Gasteiger partial charge is 0.448 e. The Kier molecular flexibility index (Phi) is 4.68. The van der Waals surface area contributed by atoms with Gasteiger partial charge in [-0.05, 0) is 38.0 Å². The molecule has 7 nitrogen and oxygen atoms in total. The van der Waals surface area contributed by atoms with Gasteiger partial charge in [0.15, 0.2) is 17.3 Å². The number of hydrogen-bond acceptors (Lipinski definition) is 6. The summed E-state index contributed by atoms with van der Waals surface area (Å²) in [7, 11) is 0. The quantitative estimate of drug-likeness (QED) is 0.675. The smallest absolute Gasteiger partial charge is 0.295 e. The van der Waals surface area contributed by atoms with Gasteiger partial charge in [-0.2, -0.15) is 4.98 Å². The molecule has 1 fully saturated rings. The summed E-state index contributed by atoms with van der Waals surface area (Å²) in [6, 6.07) is 4.54. The van der Waals surface area contributed by atoms with E-state index in [2.05, 4.69) is 15.3 Å². The van der Waals surface area contributed by atoms with Crippen molar-refractivity contribution in [1.29, 1.82) is 0 Å². The Labute approximate surface area is 158 Å². The number of aliphatic hydroxyl groups excluding tert-OH is 1. The topological polar surface area (TPSA) is 89.3 Å². The third-order valence-electron chi connectivity index (χ3n) is 4.27. The maximum Gasteiger partial charge on any atom is 0.295 e. The maximum absolute atomic E-state index is 13.9. The molecule has 2 heterocycles. The number of rotatable bonds is 6.